The van der Waals surface area contributed by atoms with Gasteiger partial charge in [0.1, 0.15) is 5.82 Å². The van der Waals surface area contributed by atoms with Crippen molar-refractivity contribution in [2.75, 3.05) is 11.9 Å². The summed E-state index contributed by atoms with van der Waals surface area (Å²) in [4.78, 5) is 33.3. The number of carbonyl (C=O) groups excluding carboxylic acids is 1. The maximum Gasteiger partial charge on any atom is 0.322 e. The number of hydrogen-bond donors (Lipinski definition) is 1. The van der Waals surface area contributed by atoms with Crippen molar-refractivity contribution in [1.82, 2.24) is 14.5 Å². The van der Waals surface area contributed by atoms with Crippen LogP contribution in [0.4, 0.5) is 10.5 Å². The predicted octanol–water partition coefficient (Wildman–Crippen LogP) is 6.93. The van der Waals surface area contributed by atoms with Crippen LogP contribution in [0, 0.1) is 0 Å². The summed E-state index contributed by atoms with van der Waals surface area (Å²) < 4.78 is 1.63. The molecule has 3 rings (SSSR count). The van der Waals surface area contributed by atoms with E-state index < -0.39 is 6.04 Å². The molecule has 0 radical (unpaired) electrons. The predicted molar refractivity (Wildman–Crippen MR) is 141 cm³/mol. The first-order valence-corrected chi connectivity index (χ1v) is 12.4. The minimum atomic E-state index is -0.411. The van der Waals surface area contributed by atoms with Crippen molar-refractivity contribution in [3.05, 3.63) is 68.7 Å². The molecule has 2 aromatic carbocycles. The summed E-state index contributed by atoms with van der Waals surface area (Å²) in [5.74, 6) is 1.09. The van der Waals surface area contributed by atoms with Crippen LogP contribution in [0.15, 0.2) is 41.2 Å². The number of nitrogens with one attached hydrogen (secondary N) is 1. The van der Waals surface area contributed by atoms with E-state index in [2.05, 4.69) is 45.1 Å². The van der Waals surface area contributed by atoms with Gasteiger partial charge in [-0.3, -0.25) is 9.36 Å². The van der Waals surface area contributed by atoms with Gasteiger partial charge in [-0.25, -0.2) is 9.78 Å². The van der Waals surface area contributed by atoms with Gasteiger partial charge in [-0.15, -0.1) is 0 Å². The lowest BCUT2D eigenvalue weighted by molar-refractivity contribution is 0.192. The van der Waals surface area contributed by atoms with Gasteiger partial charge in [-0.05, 0) is 61.9 Å². The zero-order valence-corrected chi connectivity index (χ0v) is 21.9. The van der Waals surface area contributed by atoms with Gasteiger partial charge >= 0.3 is 6.03 Å². The molecule has 34 heavy (non-hydrogen) atoms. The first-order chi connectivity index (χ1) is 16.1. The molecule has 1 N–H and O–H groups in total. The van der Waals surface area contributed by atoms with Gasteiger partial charge in [0, 0.05) is 23.8 Å². The topological polar surface area (TPSA) is 67.2 Å². The Hall–Kier alpha value is -2.86. The lowest BCUT2D eigenvalue weighted by Crippen LogP contribution is -2.40. The molecule has 182 valence electrons. The van der Waals surface area contributed by atoms with Crippen molar-refractivity contribution < 1.29 is 4.79 Å². The van der Waals surface area contributed by atoms with Crippen molar-refractivity contribution in [1.29, 1.82) is 0 Å². The number of fused-ring (bicyclic) bond motifs is 1. The fourth-order valence-electron chi connectivity index (χ4n) is 4.44. The highest BCUT2D eigenvalue weighted by Crippen LogP contribution is 2.33. The van der Waals surface area contributed by atoms with E-state index in [9.17, 15) is 9.59 Å². The molecule has 1 heterocycles. The Labute approximate surface area is 206 Å². The highest BCUT2D eigenvalue weighted by molar-refractivity contribution is 6.31. The Morgan fingerprint density at radius 1 is 1.06 bits per heavy atom. The summed E-state index contributed by atoms with van der Waals surface area (Å²) in [7, 11) is 0. The van der Waals surface area contributed by atoms with Crippen LogP contribution in [0.2, 0.25) is 5.02 Å². The summed E-state index contributed by atoms with van der Waals surface area (Å²) in [5, 5.41) is 4.17. The van der Waals surface area contributed by atoms with E-state index in [1.54, 1.807) is 27.7 Å². The standard InChI is InChI=1S/C27H35ClN4O2/c1-8-31(27(34)30-24-20(16(3)4)11-10-12-21(24)17(5)6)18(7)25-29-23-14-13-19(28)15-22(23)26(33)32(25)9-2/h10-18H,8-9H2,1-7H3,(H,30,34). The molecular formula is C27H35ClN4O2. The van der Waals surface area contributed by atoms with E-state index in [0.717, 1.165) is 16.8 Å². The quantitative estimate of drug-likeness (QED) is 0.397. The van der Waals surface area contributed by atoms with Crippen molar-refractivity contribution in [2.45, 2.75) is 72.9 Å². The second-order valence-corrected chi connectivity index (χ2v) is 9.63. The molecule has 2 amide bonds. The number of para-hydroxylation sites is 1. The zero-order valence-electron chi connectivity index (χ0n) is 21.1. The molecule has 0 spiro atoms. The van der Waals surface area contributed by atoms with Crippen LogP contribution in [0.25, 0.3) is 10.9 Å². The maximum absolute atomic E-state index is 13.6. The van der Waals surface area contributed by atoms with Gasteiger partial charge in [0.2, 0.25) is 0 Å². The van der Waals surface area contributed by atoms with Gasteiger partial charge in [0.15, 0.2) is 0 Å². The van der Waals surface area contributed by atoms with Crippen LogP contribution in [-0.2, 0) is 6.54 Å². The Morgan fingerprint density at radius 2 is 1.68 bits per heavy atom. The average Bonchev–Trinajstić information content (AvgIpc) is 2.79. The number of carbonyl (C=O) groups is 1. The Balaban J connectivity index is 2.04. The molecule has 0 saturated heterocycles. The third kappa shape index (κ3) is 4.97. The molecule has 0 fully saturated rings. The summed E-state index contributed by atoms with van der Waals surface area (Å²) in [6.07, 6.45) is 0. The van der Waals surface area contributed by atoms with Crippen molar-refractivity contribution in [3.63, 3.8) is 0 Å². The van der Waals surface area contributed by atoms with E-state index in [1.165, 1.54) is 0 Å². The number of nitrogens with zero attached hydrogens (tertiary/aromatic N) is 3. The first-order valence-electron chi connectivity index (χ1n) is 12.0. The number of rotatable bonds is 7. The van der Waals surface area contributed by atoms with Crippen molar-refractivity contribution in [3.8, 4) is 0 Å². The van der Waals surface area contributed by atoms with Crippen molar-refractivity contribution in [2.24, 2.45) is 0 Å². The van der Waals surface area contributed by atoms with E-state index in [1.807, 2.05) is 26.8 Å². The lowest BCUT2D eigenvalue weighted by Gasteiger charge is -2.30. The summed E-state index contributed by atoms with van der Waals surface area (Å²) in [5.41, 5.74) is 3.51. The average molecular weight is 483 g/mol. The summed E-state index contributed by atoms with van der Waals surface area (Å²) in [6.45, 7) is 15.2. The molecule has 0 aliphatic carbocycles. The van der Waals surface area contributed by atoms with Crippen LogP contribution in [0.3, 0.4) is 0 Å². The smallest absolute Gasteiger partial charge is 0.315 e. The van der Waals surface area contributed by atoms with E-state index in [-0.39, 0.29) is 23.4 Å². The number of benzene rings is 2. The Morgan fingerprint density at radius 3 is 2.21 bits per heavy atom. The SMILES string of the molecule is CCN(C(=O)Nc1c(C(C)C)cccc1C(C)C)C(C)c1nc2ccc(Cl)cc2c(=O)n1CC. The second kappa shape index (κ2) is 10.6. The minimum absolute atomic E-state index is 0.152. The van der Waals surface area contributed by atoms with Crippen LogP contribution >= 0.6 is 11.6 Å². The summed E-state index contributed by atoms with van der Waals surface area (Å²) >= 11 is 6.11. The van der Waals surface area contributed by atoms with Gasteiger partial charge < -0.3 is 10.2 Å². The number of aromatic nitrogens is 2. The van der Waals surface area contributed by atoms with Gasteiger partial charge in [-0.1, -0.05) is 57.5 Å². The molecule has 1 aromatic heterocycles. The molecule has 7 heteroatoms. The second-order valence-electron chi connectivity index (χ2n) is 9.19. The van der Waals surface area contributed by atoms with Crippen molar-refractivity contribution >= 4 is 34.2 Å². The third-order valence-corrected chi connectivity index (χ3v) is 6.54. The van der Waals surface area contributed by atoms with Gasteiger partial charge in [-0.2, -0.15) is 0 Å². The zero-order chi connectivity index (χ0) is 25.2. The molecule has 1 atom stereocenters. The van der Waals surface area contributed by atoms with E-state index in [4.69, 9.17) is 16.6 Å². The Kier molecular flexibility index (Phi) is 8.03. The van der Waals surface area contributed by atoms with Gasteiger partial charge in [0.25, 0.3) is 5.56 Å². The number of urea groups is 1. The molecule has 0 aliphatic heterocycles. The van der Waals surface area contributed by atoms with Crippen LogP contribution in [0.5, 0.6) is 0 Å². The first kappa shape index (κ1) is 25.8. The molecule has 0 saturated carbocycles. The Bertz CT molecular complexity index is 1220. The highest BCUT2D eigenvalue weighted by Gasteiger charge is 2.26. The lowest BCUT2D eigenvalue weighted by atomic mass is 9.93. The largest absolute Gasteiger partial charge is 0.322 e. The normalized spacial score (nSPS) is 12.4. The molecule has 1 unspecified atom stereocenters. The number of hydrogen-bond acceptors (Lipinski definition) is 3. The van der Waals surface area contributed by atoms with Crippen LogP contribution in [0.1, 0.15) is 83.3 Å². The highest BCUT2D eigenvalue weighted by atomic mass is 35.5. The molecule has 6 nitrogen and oxygen atoms in total. The fourth-order valence-corrected chi connectivity index (χ4v) is 4.61. The minimum Gasteiger partial charge on any atom is -0.315 e. The van der Waals surface area contributed by atoms with Crippen LogP contribution < -0.4 is 10.9 Å². The van der Waals surface area contributed by atoms with Crippen LogP contribution in [-0.4, -0.2) is 27.0 Å². The monoisotopic (exact) mass is 482 g/mol. The molecular weight excluding hydrogens is 448 g/mol. The van der Waals surface area contributed by atoms with E-state index in [0.29, 0.717) is 34.8 Å². The van der Waals surface area contributed by atoms with Gasteiger partial charge in [0.05, 0.1) is 16.9 Å². The number of halogens is 1. The fraction of sp³-hybridized carbons (Fsp3) is 0.444. The summed E-state index contributed by atoms with van der Waals surface area (Å²) in [6, 6.07) is 10.7. The third-order valence-electron chi connectivity index (χ3n) is 6.31. The number of amides is 2. The maximum atomic E-state index is 13.6. The number of anilines is 1. The van der Waals surface area contributed by atoms with E-state index >= 15 is 0 Å². The molecule has 0 bridgehead atoms. The molecule has 0 aliphatic rings. The molecule has 3 aromatic rings.